The van der Waals surface area contributed by atoms with E-state index in [0.29, 0.717) is 17.5 Å². The topological polar surface area (TPSA) is 66.5 Å². The van der Waals surface area contributed by atoms with E-state index in [-0.39, 0.29) is 19.0 Å². The van der Waals surface area contributed by atoms with E-state index in [0.717, 1.165) is 0 Å². The number of aliphatic hydroxyl groups excluding tert-OH is 1. The minimum absolute atomic E-state index is 0. The maximum Gasteiger partial charge on any atom is 0.168 e. The van der Waals surface area contributed by atoms with Crippen molar-refractivity contribution in [2.45, 2.75) is 19.4 Å². The standard InChI is InChI=1S/C10H14FNO2.ClH/c1-6-2-3-7(8(12)4-5-13)10(14)9(6)11;/h2-3,8,13-14H,4-5,12H2,1H3;1H/t8-;/m0./s1. The SMILES string of the molecule is Cc1ccc([C@@H](N)CCO)c(O)c1F.Cl. The number of hydrogen-bond donors (Lipinski definition) is 3. The molecule has 1 aromatic rings. The number of phenolic OH excluding ortho intramolecular Hbond substituents is 1. The molecule has 0 spiro atoms. The highest BCUT2D eigenvalue weighted by atomic mass is 35.5. The van der Waals surface area contributed by atoms with Gasteiger partial charge in [-0.2, -0.15) is 0 Å². The van der Waals surface area contributed by atoms with Crippen LogP contribution in [0.3, 0.4) is 0 Å². The molecule has 5 heteroatoms. The van der Waals surface area contributed by atoms with Crippen LogP contribution in [0.1, 0.15) is 23.6 Å². The fraction of sp³-hybridized carbons (Fsp3) is 0.400. The van der Waals surface area contributed by atoms with Crippen LogP contribution in [0.15, 0.2) is 12.1 Å². The van der Waals surface area contributed by atoms with Crippen LogP contribution in [0.4, 0.5) is 4.39 Å². The van der Waals surface area contributed by atoms with E-state index >= 15 is 0 Å². The molecule has 0 radical (unpaired) electrons. The molecule has 0 unspecified atom stereocenters. The normalized spacial score (nSPS) is 12.0. The minimum atomic E-state index is -0.643. The lowest BCUT2D eigenvalue weighted by Crippen LogP contribution is -2.12. The first-order valence-corrected chi connectivity index (χ1v) is 4.42. The van der Waals surface area contributed by atoms with E-state index in [1.807, 2.05) is 0 Å². The van der Waals surface area contributed by atoms with Crippen LogP contribution in [0.2, 0.25) is 0 Å². The lowest BCUT2D eigenvalue weighted by molar-refractivity contribution is 0.275. The molecule has 1 rings (SSSR count). The number of halogens is 2. The van der Waals surface area contributed by atoms with Gasteiger partial charge in [-0.25, -0.2) is 4.39 Å². The number of phenols is 1. The number of aliphatic hydroxyl groups is 1. The highest BCUT2D eigenvalue weighted by Crippen LogP contribution is 2.29. The molecule has 0 aliphatic carbocycles. The summed E-state index contributed by atoms with van der Waals surface area (Å²) in [4.78, 5) is 0. The molecule has 0 aromatic heterocycles. The van der Waals surface area contributed by atoms with E-state index in [2.05, 4.69) is 0 Å². The predicted octanol–water partition coefficient (Wildman–Crippen LogP) is 1.64. The summed E-state index contributed by atoms with van der Waals surface area (Å²) in [6, 6.07) is 2.60. The third kappa shape index (κ3) is 3.06. The van der Waals surface area contributed by atoms with Gasteiger partial charge in [-0.05, 0) is 18.9 Å². The highest BCUT2D eigenvalue weighted by molar-refractivity contribution is 5.85. The monoisotopic (exact) mass is 235 g/mol. The molecule has 0 saturated carbocycles. The Morgan fingerprint density at radius 1 is 1.47 bits per heavy atom. The van der Waals surface area contributed by atoms with Gasteiger partial charge in [0.2, 0.25) is 0 Å². The van der Waals surface area contributed by atoms with Crippen LogP contribution in [-0.2, 0) is 0 Å². The maximum absolute atomic E-state index is 13.2. The van der Waals surface area contributed by atoms with Gasteiger partial charge in [0.1, 0.15) is 0 Å². The van der Waals surface area contributed by atoms with Crippen molar-refractivity contribution in [3.63, 3.8) is 0 Å². The van der Waals surface area contributed by atoms with Gasteiger partial charge in [0.05, 0.1) is 0 Å². The van der Waals surface area contributed by atoms with E-state index in [1.54, 1.807) is 19.1 Å². The molecule has 0 aliphatic heterocycles. The zero-order valence-corrected chi connectivity index (χ0v) is 9.22. The second-order valence-corrected chi connectivity index (χ2v) is 3.25. The van der Waals surface area contributed by atoms with Crippen LogP contribution in [0.5, 0.6) is 5.75 Å². The summed E-state index contributed by atoms with van der Waals surface area (Å²) >= 11 is 0. The number of nitrogens with two attached hydrogens (primary N) is 1. The van der Waals surface area contributed by atoms with Crippen LogP contribution < -0.4 is 5.73 Å². The second-order valence-electron chi connectivity index (χ2n) is 3.25. The first-order valence-electron chi connectivity index (χ1n) is 4.42. The lowest BCUT2D eigenvalue weighted by atomic mass is 10.0. The van der Waals surface area contributed by atoms with Gasteiger partial charge >= 0.3 is 0 Å². The number of hydrogen-bond acceptors (Lipinski definition) is 3. The van der Waals surface area contributed by atoms with Gasteiger partial charge in [0, 0.05) is 18.2 Å². The molecule has 0 bridgehead atoms. The fourth-order valence-electron chi connectivity index (χ4n) is 1.27. The molecule has 1 atom stereocenters. The summed E-state index contributed by atoms with van der Waals surface area (Å²) in [7, 11) is 0. The van der Waals surface area contributed by atoms with E-state index in [9.17, 15) is 9.50 Å². The Labute approximate surface area is 94.1 Å². The molecular weight excluding hydrogens is 221 g/mol. The third-order valence-electron chi connectivity index (χ3n) is 2.18. The average molecular weight is 236 g/mol. The number of aromatic hydroxyl groups is 1. The second kappa shape index (κ2) is 5.90. The van der Waals surface area contributed by atoms with Gasteiger partial charge in [0.25, 0.3) is 0 Å². The average Bonchev–Trinajstić information content (AvgIpc) is 2.15. The van der Waals surface area contributed by atoms with E-state index < -0.39 is 17.6 Å². The quantitative estimate of drug-likeness (QED) is 0.746. The molecule has 15 heavy (non-hydrogen) atoms. The Kier molecular flexibility index (Phi) is 5.57. The van der Waals surface area contributed by atoms with Gasteiger partial charge in [0.15, 0.2) is 11.6 Å². The Balaban J connectivity index is 0.00000196. The third-order valence-corrected chi connectivity index (χ3v) is 2.18. The van der Waals surface area contributed by atoms with Crippen LogP contribution >= 0.6 is 12.4 Å². The molecular formula is C10H15ClFNO2. The van der Waals surface area contributed by atoms with Gasteiger partial charge in [-0.3, -0.25) is 0 Å². The zero-order chi connectivity index (χ0) is 10.7. The predicted molar refractivity (Wildman–Crippen MR) is 58.7 cm³/mol. The number of benzene rings is 1. The van der Waals surface area contributed by atoms with Crippen LogP contribution in [0, 0.1) is 12.7 Å². The molecule has 0 amide bonds. The molecule has 0 fully saturated rings. The van der Waals surface area contributed by atoms with Crippen molar-refractivity contribution in [2.75, 3.05) is 6.61 Å². The van der Waals surface area contributed by atoms with E-state index in [1.165, 1.54) is 0 Å². The molecule has 4 N–H and O–H groups in total. The molecule has 0 heterocycles. The van der Waals surface area contributed by atoms with Gasteiger partial charge in [-0.15, -0.1) is 12.4 Å². The van der Waals surface area contributed by atoms with Crippen molar-refractivity contribution in [3.05, 3.63) is 29.1 Å². The number of aryl methyl sites for hydroxylation is 1. The molecule has 1 aromatic carbocycles. The Hall–Kier alpha value is -0.840. The lowest BCUT2D eigenvalue weighted by Gasteiger charge is -2.13. The first-order chi connectivity index (χ1) is 6.57. The van der Waals surface area contributed by atoms with Crippen molar-refractivity contribution >= 4 is 12.4 Å². The molecule has 3 nitrogen and oxygen atoms in total. The summed E-state index contributed by atoms with van der Waals surface area (Å²) in [5, 5.41) is 18.1. The Morgan fingerprint density at radius 3 is 2.60 bits per heavy atom. The Morgan fingerprint density at radius 2 is 2.07 bits per heavy atom. The van der Waals surface area contributed by atoms with Gasteiger partial charge < -0.3 is 15.9 Å². The highest BCUT2D eigenvalue weighted by Gasteiger charge is 2.15. The maximum atomic E-state index is 13.2. The minimum Gasteiger partial charge on any atom is -0.505 e. The first kappa shape index (κ1) is 14.2. The van der Waals surface area contributed by atoms with Crippen LogP contribution in [-0.4, -0.2) is 16.8 Å². The number of rotatable bonds is 3. The summed E-state index contributed by atoms with van der Waals surface area (Å²) in [5.41, 5.74) is 6.35. The molecule has 0 aliphatic rings. The van der Waals surface area contributed by atoms with Crippen molar-refractivity contribution < 1.29 is 14.6 Å². The summed E-state index contributed by atoms with van der Waals surface area (Å²) in [6.45, 7) is 1.48. The van der Waals surface area contributed by atoms with Gasteiger partial charge in [-0.1, -0.05) is 12.1 Å². The smallest absolute Gasteiger partial charge is 0.168 e. The molecule has 0 saturated heterocycles. The summed E-state index contributed by atoms with van der Waals surface area (Å²) in [5.74, 6) is -1.05. The Bertz CT molecular complexity index is 333. The molecule has 86 valence electrons. The largest absolute Gasteiger partial charge is 0.505 e. The van der Waals surface area contributed by atoms with Crippen molar-refractivity contribution in [1.82, 2.24) is 0 Å². The zero-order valence-electron chi connectivity index (χ0n) is 8.40. The fourth-order valence-corrected chi connectivity index (χ4v) is 1.27. The van der Waals surface area contributed by atoms with Crippen molar-refractivity contribution in [2.24, 2.45) is 5.73 Å². The van der Waals surface area contributed by atoms with Crippen molar-refractivity contribution in [3.8, 4) is 5.75 Å². The van der Waals surface area contributed by atoms with Crippen molar-refractivity contribution in [1.29, 1.82) is 0 Å². The summed E-state index contributed by atoms with van der Waals surface area (Å²) < 4.78 is 13.2. The summed E-state index contributed by atoms with van der Waals surface area (Å²) in [6.07, 6.45) is 0.302. The van der Waals surface area contributed by atoms with E-state index in [4.69, 9.17) is 10.8 Å². The van der Waals surface area contributed by atoms with Crippen LogP contribution in [0.25, 0.3) is 0 Å².